The summed E-state index contributed by atoms with van der Waals surface area (Å²) in [4.78, 5) is 17.1. The molecule has 0 aliphatic carbocycles. The number of benzene rings is 3. The van der Waals surface area contributed by atoms with E-state index in [1.54, 1.807) is 55.6 Å². The number of nitrogens with one attached hydrogen (secondary N) is 1. The third-order valence-electron chi connectivity index (χ3n) is 4.36. The van der Waals surface area contributed by atoms with Gasteiger partial charge in [0.15, 0.2) is 17.1 Å². The summed E-state index contributed by atoms with van der Waals surface area (Å²) >= 11 is 6.01. The van der Waals surface area contributed by atoms with Gasteiger partial charge in [0.25, 0.3) is 5.91 Å². The van der Waals surface area contributed by atoms with Gasteiger partial charge in [-0.3, -0.25) is 4.79 Å². The van der Waals surface area contributed by atoms with E-state index in [1.807, 2.05) is 12.1 Å². The van der Waals surface area contributed by atoms with Gasteiger partial charge in [-0.25, -0.2) is 4.98 Å². The molecule has 1 heterocycles. The standard InChI is InChI=1S/C22H17ClN2O4/c1-27-19-8-6-13(11-20(19)28-2)21(26)24-16-5-3-4-14(10-16)22-25-17-12-15(23)7-9-18(17)29-22/h3-12H,1-2H3,(H,24,26). The predicted molar refractivity (Wildman–Crippen MR) is 112 cm³/mol. The smallest absolute Gasteiger partial charge is 0.255 e. The highest BCUT2D eigenvalue weighted by Crippen LogP contribution is 2.29. The lowest BCUT2D eigenvalue weighted by Crippen LogP contribution is -2.12. The highest BCUT2D eigenvalue weighted by atomic mass is 35.5. The maximum atomic E-state index is 12.6. The Morgan fingerprint density at radius 2 is 1.83 bits per heavy atom. The number of carbonyl (C=O) groups excluding carboxylic acids is 1. The van der Waals surface area contributed by atoms with Gasteiger partial charge < -0.3 is 19.2 Å². The molecule has 0 radical (unpaired) electrons. The molecule has 29 heavy (non-hydrogen) atoms. The van der Waals surface area contributed by atoms with E-state index in [1.165, 1.54) is 7.11 Å². The number of amides is 1. The van der Waals surface area contributed by atoms with Crippen LogP contribution in [0, 0.1) is 0 Å². The zero-order valence-corrected chi connectivity index (χ0v) is 16.5. The van der Waals surface area contributed by atoms with Crippen molar-refractivity contribution < 1.29 is 18.7 Å². The largest absolute Gasteiger partial charge is 0.493 e. The SMILES string of the molecule is COc1ccc(C(=O)Nc2cccc(-c3nc4cc(Cl)ccc4o3)c2)cc1OC. The van der Waals surface area contributed by atoms with Crippen molar-refractivity contribution in [2.24, 2.45) is 0 Å². The van der Waals surface area contributed by atoms with Crippen molar-refractivity contribution in [3.05, 3.63) is 71.2 Å². The Balaban J connectivity index is 1.59. The molecule has 146 valence electrons. The number of methoxy groups -OCH3 is 2. The molecule has 1 amide bonds. The van der Waals surface area contributed by atoms with Gasteiger partial charge in [-0.1, -0.05) is 17.7 Å². The van der Waals surface area contributed by atoms with Crippen molar-refractivity contribution >= 4 is 34.3 Å². The highest BCUT2D eigenvalue weighted by Gasteiger charge is 2.13. The summed E-state index contributed by atoms with van der Waals surface area (Å²) in [5.74, 6) is 1.22. The molecule has 7 heteroatoms. The fourth-order valence-electron chi connectivity index (χ4n) is 2.93. The first-order valence-electron chi connectivity index (χ1n) is 8.77. The van der Waals surface area contributed by atoms with Gasteiger partial charge in [-0.15, -0.1) is 0 Å². The van der Waals surface area contributed by atoms with Crippen molar-refractivity contribution in [2.45, 2.75) is 0 Å². The Morgan fingerprint density at radius 3 is 2.62 bits per heavy atom. The predicted octanol–water partition coefficient (Wildman–Crippen LogP) is 5.42. The van der Waals surface area contributed by atoms with E-state index >= 15 is 0 Å². The monoisotopic (exact) mass is 408 g/mol. The van der Waals surface area contributed by atoms with E-state index in [-0.39, 0.29) is 5.91 Å². The summed E-state index contributed by atoms with van der Waals surface area (Å²) in [6, 6.07) is 17.5. The molecule has 0 aliphatic rings. The summed E-state index contributed by atoms with van der Waals surface area (Å²) in [6.45, 7) is 0. The summed E-state index contributed by atoms with van der Waals surface area (Å²) in [6.07, 6.45) is 0. The summed E-state index contributed by atoms with van der Waals surface area (Å²) < 4.78 is 16.3. The van der Waals surface area contributed by atoms with Gasteiger partial charge in [0, 0.05) is 21.8 Å². The van der Waals surface area contributed by atoms with Crippen LogP contribution in [0.5, 0.6) is 11.5 Å². The molecule has 4 aromatic rings. The van der Waals surface area contributed by atoms with Gasteiger partial charge in [0.1, 0.15) is 5.52 Å². The first-order chi connectivity index (χ1) is 14.1. The number of fused-ring (bicyclic) bond motifs is 1. The van der Waals surface area contributed by atoms with E-state index in [2.05, 4.69) is 10.3 Å². The van der Waals surface area contributed by atoms with E-state index in [0.29, 0.717) is 44.8 Å². The van der Waals surface area contributed by atoms with Gasteiger partial charge in [0.05, 0.1) is 14.2 Å². The molecule has 0 atom stereocenters. The summed E-state index contributed by atoms with van der Waals surface area (Å²) in [5.41, 5.74) is 3.12. The number of anilines is 1. The van der Waals surface area contributed by atoms with Crippen LogP contribution in [0.4, 0.5) is 5.69 Å². The first-order valence-corrected chi connectivity index (χ1v) is 9.15. The Morgan fingerprint density at radius 1 is 1.00 bits per heavy atom. The second-order valence-corrected chi connectivity index (χ2v) is 6.67. The number of halogens is 1. The molecule has 1 aromatic heterocycles. The van der Waals surface area contributed by atoms with Gasteiger partial charge >= 0.3 is 0 Å². The zero-order chi connectivity index (χ0) is 20.4. The number of carbonyl (C=O) groups is 1. The van der Waals surface area contributed by atoms with Gasteiger partial charge in [-0.05, 0) is 54.6 Å². The maximum absolute atomic E-state index is 12.6. The zero-order valence-electron chi connectivity index (χ0n) is 15.7. The number of hydrogen-bond donors (Lipinski definition) is 1. The molecule has 0 saturated carbocycles. The average molecular weight is 409 g/mol. The van der Waals surface area contributed by atoms with Crippen LogP contribution in [0.3, 0.4) is 0 Å². The Kier molecular flexibility index (Phi) is 5.10. The Bertz CT molecular complexity index is 1200. The van der Waals surface area contributed by atoms with Crippen molar-refractivity contribution in [1.29, 1.82) is 0 Å². The van der Waals surface area contributed by atoms with Crippen molar-refractivity contribution in [2.75, 3.05) is 19.5 Å². The van der Waals surface area contributed by atoms with E-state index < -0.39 is 0 Å². The minimum absolute atomic E-state index is 0.271. The highest BCUT2D eigenvalue weighted by molar-refractivity contribution is 6.31. The van der Waals surface area contributed by atoms with Crippen LogP contribution in [0.2, 0.25) is 5.02 Å². The number of aromatic nitrogens is 1. The molecule has 0 fully saturated rings. The summed E-state index contributed by atoms with van der Waals surface area (Å²) in [7, 11) is 3.07. The van der Waals surface area contributed by atoms with Crippen LogP contribution in [-0.4, -0.2) is 25.1 Å². The van der Waals surface area contributed by atoms with Crippen LogP contribution < -0.4 is 14.8 Å². The normalized spacial score (nSPS) is 10.7. The van der Waals surface area contributed by atoms with Crippen LogP contribution in [0.15, 0.2) is 65.1 Å². The van der Waals surface area contributed by atoms with Crippen molar-refractivity contribution in [3.8, 4) is 23.0 Å². The molecular weight excluding hydrogens is 392 g/mol. The second kappa shape index (κ2) is 7.85. The van der Waals surface area contributed by atoms with Crippen LogP contribution in [0.1, 0.15) is 10.4 Å². The van der Waals surface area contributed by atoms with E-state index in [4.69, 9.17) is 25.5 Å². The average Bonchev–Trinajstić information content (AvgIpc) is 3.16. The van der Waals surface area contributed by atoms with E-state index in [0.717, 1.165) is 5.56 Å². The lowest BCUT2D eigenvalue weighted by atomic mass is 10.1. The van der Waals surface area contributed by atoms with Crippen molar-refractivity contribution in [1.82, 2.24) is 4.98 Å². The molecule has 0 saturated heterocycles. The number of ether oxygens (including phenoxy) is 2. The Hall–Kier alpha value is -3.51. The van der Waals surface area contributed by atoms with Crippen LogP contribution in [-0.2, 0) is 0 Å². The number of nitrogens with zero attached hydrogens (tertiary/aromatic N) is 1. The molecule has 3 aromatic carbocycles. The fourth-order valence-corrected chi connectivity index (χ4v) is 3.10. The van der Waals surface area contributed by atoms with Gasteiger partial charge in [-0.2, -0.15) is 0 Å². The lowest BCUT2D eigenvalue weighted by Gasteiger charge is -2.10. The third kappa shape index (κ3) is 3.88. The molecule has 1 N–H and O–H groups in total. The molecule has 0 bridgehead atoms. The maximum Gasteiger partial charge on any atom is 0.255 e. The molecular formula is C22H17ClN2O4. The minimum atomic E-state index is -0.271. The molecule has 4 rings (SSSR count). The van der Waals surface area contributed by atoms with Gasteiger partial charge in [0.2, 0.25) is 5.89 Å². The fraction of sp³-hybridized carbons (Fsp3) is 0.0909. The molecule has 6 nitrogen and oxygen atoms in total. The first kappa shape index (κ1) is 18.8. The minimum Gasteiger partial charge on any atom is -0.493 e. The van der Waals surface area contributed by atoms with Crippen LogP contribution >= 0.6 is 11.6 Å². The molecule has 0 spiro atoms. The summed E-state index contributed by atoms with van der Waals surface area (Å²) in [5, 5.41) is 3.47. The van der Waals surface area contributed by atoms with Crippen LogP contribution in [0.25, 0.3) is 22.6 Å². The Labute approximate surface area is 172 Å². The number of hydrogen-bond acceptors (Lipinski definition) is 5. The topological polar surface area (TPSA) is 73.6 Å². The second-order valence-electron chi connectivity index (χ2n) is 6.24. The van der Waals surface area contributed by atoms with E-state index in [9.17, 15) is 4.79 Å². The third-order valence-corrected chi connectivity index (χ3v) is 4.60. The number of rotatable bonds is 5. The number of oxazole rings is 1. The van der Waals surface area contributed by atoms with Crippen molar-refractivity contribution in [3.63, 3.8) is 0 Å². The lowest BCUT2D eigenvalue weighted by molar-refractivity contribution is 0.102. The molecule has 0 unspecified atom stereocenters. The quantitative estimate of drug-likeness (QED) is 0.477. The molecule has 0 aliphatic heterocycles.